The van der Waals surface area contributed by atoms with Gasteiger partial charge in [0, 0.05) is 42.5 Å². The highest BCUT2D eigenvalue weighted by Gasteiger charge is 2.46. The highest BCUT2D eigenvalue weighted by molar-refractivity contribution is 6.06. The zero-order valence-corrected chi connectivity index (χ0v) is 15.7. The van der Waals surface area contributed by atoms with Crippen LogP contribution < -0.4 is 4.90 Å². The van der Waals surface area contributed by atoms with Crippen molar-refractivity contribution in [3.63, 3.8) is 0 Å². The molecule has 1 fully saturated rings. The van der Waals surface area contributed by atoms with Crippen LogP contribution in [-0.4, -0.2) is 39.1 Å². The molecule has 1 saturated heterocycles. The van der Waals surface area contributed by atoms with Gasteiger partial charge in [-0.15, -0.1) is 0 Å². The number of piperidine rings is 1. The van der Waals surface area contributed by atoms with Gasteiger partial charge in [0.1, 0.15) is 17.3 Å². The van der Waals surface area contributed by atoms with E-state index in [1.807, 2.05) is 6.08 Å². The molecule has 0 saturated carbocycles. The molecule has 2 aromatic rings. The van der Waals surface area contributed by atoms with E-state index >= 15 is 0 Å². The minimum Gasteiger partial charge on any atom is -0.508 e. The molecule has 0 aliphatic carbocycles. The van der Waals surface area contributed by atoms with Crippen molar-refractivity contribution in [1.29, 1.82) is 0 Å². The molecule has 4 rings (SSSR count). The molecule has 2 atom stereocenters. The van der Waals surface area contributed by atoms with Crippen LogP contribution in [-0.2, 0) is 11.3 Å². The Labute approximate surface area is 163 Å². The SMILES string of the molecule is C[C@@H]1C[C@]2(C=CC(=O)N2c2cccc(F)c2)CCN1Cc1ccc(O)cc1O. The van der Waals surface area contributed by atoms with E-state index in [0.29, 0.717) is 18.7 Å². The Morgan fingerprint density at radius 2 is 2.04 bits per heavy atom. The number of phenolic OH excluding ortho intramolecular Hbond substituents is 2. The monoisotopic (exact) mass is 382 g/mol. The zero-order valence-electron chi connectivity index (χ0n) is 15.7. The van der Waals surface area contributed by atoms with Crippen LogP contribution in [0.4, 0.5) is 10.1 Å². The quantitative estimate of drug-likeness (QED) is 0.852. The number of phenols is 2. The first-order valence-corrected chi connectivity index (χ1v) is 9.42. The van der Waals surface area contributed by atoms with Crippen LogP contribution in [0.1, 0.15) is 25.3 Å². The molecule has 6 heteroatoms. The number of hydrogen-bond acceptors (Lipinski definition) is 4. The summed E-state index contributed by atoms with van der Waals surface area (Å²) in [5.41, 5.74) is 0.866. The molecule has 146 valence electrons. The number of benzene rings is 2. The van der Waals surface area contributed by atoms with Crippen LogP contribution in [0.2, 0.25) is 0 Å². The maximum absolute atomic E-state index is 13.7. The van der Waals surface area contributed by atoms with Crippen molar-refractivity contribution in [1.82, 2.24) is 4.90 Å². The number of halogens is 1. The van der Waals surface area contributed by atoms with Crippen LogP contribution in [0, 0.1) is 5.82 Å². The number of amides is 1. The second-order valence-corrected chi connectivity index (χ2v) is 7.68. The fourth-order valence-electron chi connectivity index (χ4n) is 4.39. The Kier molecular flexibility index (Phi) is 4.59. The molecule has 1 amide bonds. The molecule has 2 aliphatic rings. The number of rotatable bonds is 3. The molecule has 0 bridgehead atoms. The molecular formula is C22H23FN2O3. The second kappa shape index (κ2) is 6.95. The topological polar surface area (TPSA) is 64.0 Å². The highest BCUT2D eigenvalue weighted by atomic mass is 19.1. The van der Waals surface area contributed by atoms with Gasteiger partial charge in [-0.2, -0.15) is 0 Å². The van der Waals surface area contributed by atoms with Crippen LogP contribution in [0.5, 0.6) is 11.5 Å². The lowest BCUT2D eigenvalue weighted by Gasteiger charge is -2.47. The fraction of sp³-hybridized carbons (Fsp3) is 0.318. The molecule has 1 spiro atoms. The lowest BCUT2D eigenvalue weighted by Crippen LogP contribution is -2.56. The predicted molar refractivity (Wildman–Crippen MR) is 105 cm³/mol. The summed E-state index contributed by atoms with van der Waals surface area (Å²) in [6.45, 7) is 3.38. The average Bonchev–Trinajstić information content (AvgIpc) is 2.95. The van der Waals surface area contributed by atoms with E-state index in [1.165, 1.54) is 18.2 Å². The van der Waals surface area contributed by atoms with Gasteiger partial charge in [-0.05, 0) is 44.0 Å². The first-order chi connectivity index (χ1) is 13.4. The first-order valence-electron chi connectivity index (χ1n) is 9.42. The number of carbonyl (C=O) groups is 1. The second-order valence-electron chi connectivity index (χ2n) is 7.68. The lowest BCUT2D eigenvalue weighted by molar-refractivity contribution is -0.114. The third-order valence-corrected chi connectivity index (χ3v) is 5.81. The Hall–Kier alpha value is -2.86. The Morgan fingerprint density at radius 3 is 2.75 bits per heavy atom. The molecule has 2 aromatic carbocycles. The molecule has 2 N–H and O–H groups in total. The molecular weight excluding hydrogens is 359 g/mol. The average molecular weight is 382 g/mol. The summed E-state index contributed by atoms with van der Waals surface area (Å²) < 4.78 is 13.7. The van der Waals surface area contributed by atoms with E-state index < -0.39 is 5.54 Å². The fourth-order valence-corrected chi connectivity index (χ4v) is 4.39. The van der Waals surface area contributed by atoms with Gasteiger partial charge < -0.3 is 10.2 Å². The number of carbonyl (C=O) groups excluding carboxylic acids is 1. The normalized spacial score (nSPS) is 25.0. The van der Waals surface area contributed by atoms with Gasteiger partial charge in [0.25, 0.3) is 5.91 Å². The molecule has 5 nitrogen and oxygen atoms in total. The van der Waals surface area contributed by atoms with Gasteiger partial charge >= 0.3 is 0 Å². The molecule has 0 aromatic heterocycles. The maximum Gasteiger partial charge on any atom is 0.251 e. The maximum atomic E-state index is 13.7. The van der Waals surface area contributed by atoms with Gasteiger partial charge in [0.05, 0.1) is 5.54 Å². The van der Waals surface area contributed by atoms with Gasteiger partial charge in [-0.3, -0.25) is 14.6 Å². The van der Waals surface area contributed by atoms with Crippen LogP contribution in [0.25, 0.3) is 0 Å². The van der Waals surface area contributed by atoms with Crippen molar-refractivity contribution >= 4 is 11.6 Å². The number of anilines is 1. The van der Waals surface area contributed by atoms with Crippen molar-refractivity contribution in [2.45, 2.75) is 37.9 Å². The van der Waals surface area contributed by atoms with Crippen LogP contribution in [0.15, 0.2) is 54.6 Å². The summed E-state index contributed by atoms with van der Waals surface area (Å²) in [4.78, 5) is 16.5. The van der Waals surface area contributed by atoms with Crippen molar-refractivity contribution < 1.29 is 19.4 Å². The van der Waals surface area contributed by atoms with Crippen LogP contribution >= 0.6 is 0 Å². The van der Waals surface area contributed by atoms with E-state index in [-0.39, 0.29) is 29.3 Å². The Morgan fingerprint density at radius 1 is 1.21 bits per heavy atom. The van der Waals surface area contributed by atoms with Crippen molar-refractivity contribution in [3.8, 4) is 11.5 Å². The zero-order chi connectivity index (χ0) is 19.9. The largest absolute Gasteiger partial charge is 0.508 e. The van der Waals surface area contributed by atoms with E-state index in [0.717, 1.165) is 18.5 Å². The number of aromatic hydroxyl groups is 2. The first kappa shape index (κ1) is 18.5. The lowest BCUT2D eigenvalue weighted by atomic mass is 9.82. The number of likely N-dealkylation sites (tertiary alicyclic amines) is 1. The predicted octanol–water partition coefficient (Wildman–Crippen LogP) is 3.56. The van der Waals surface area contributed by atoms with Gasteiger partial charge in [-0.25, -0.2) is 4.39 Å². The van der Waals surface area contributed by atoms with Gasteiger partial charge in [0.2, 0.25) is 0 Å². The molecule has 0 unspecified atom stereocenters. The summed E-state index contributed by atoms with van der Waals surface area (Å²) in [6.07, 6.45) is 4.96. The van der Waals surface area contributed by atoms with Crippen molar-refractivity contribution in [2.75, 3.05) is 11.4 Å². The smallest absolute Gasteiger partial charge is 0.251 e. The number of nitrogens with zero attached hydrogens (tertiary/aromatic N) is 2. The van der Waals surface area contributed by atoms with E-state index in [4.69, 9.17) is 0 Å². The summed E-state index contributed by atoms with van der Waals surface area (Å²) in [7, 11) is 0. The summed E-state index contributed by atoms with van der Waals surface area (Å²) in [5, 5.41) is 19.5. The molecule has 2 aliphatic heterocycles. The minimum absolute atomic E-state index is 0.0345. The number of hydrogen-bond donors (Lipinski definition) is 2. The highest BCUT2D eigenvalue weighted by Crippen LogP contribution is 2.41. The van der Waals surface area contributed by atoms with Gasteiger partial charge in [-0.1, -0.05) is 18.2 Å². The summed E-state index contributed by atoms with van der Waals surface area (Å²) in [5.74, 6) is -0.375. The van der Waals surface area contributed by atoms with Gasteiger partial charge in [0.15, 0.2) is 0 Å². The third-order valence-electron chi connectivity index (χ3n) is 5.81. The van der Waals surface area contributed by atoms with Crippen LogP contribution in [0.3, 0.4) is 0 Å². The standard InChI is InChI=1S/C22H23FN2O3/c1-15-13-22(8-7-21(28)25(22)18-4-2-3-17(23)11-18)9-10-24(15)14-16-5-6-19(26)12-20(16)27/h2-8,11-12,15,26-27H,9-10,13-14H2,1H3/t15-,22+/m1/s1. The Balaban J connectivity index is 1.55. The van der Waals surface area contributed by atoms with Crippen molar-refractivity contribution in [3.05, 3.63) is 66.0 Å². The minimum atomic E-state index is -0.461. The summed E-state index contributed by atoms with van der Waals surface area (Å²) in [6, 6.07) is 10.9. The third kappa shape index (κ3) is 3.24. The Bertz CT molecular complexity index is 945. The molecule has 0 radical (unpaired) electrons. The molecule has 2 heterocycles. The van der Waals surface area contributed by atoms with E-state index in [2.05, 4.69) is 11.8 Å². The van der Waals surface area contributed by atoms with Crippen molar-refractivity contribution in [2.24, 2.45) is 0 Å². The van der Waals surface area contributed by atoms with E-state index in [1.54, 1.807) is 35.2 Å². The van der Waals surface area contributed by atoms with E-state index in [9.17, 15) is 19.4 Å². The molecule has 28 heavy (non-hydrogen) atoms. The summed E-state index contributed by atoms with van der Waals surface area (Å²) >= 11 is 0.